The van der Waals surface area contributed by atoms with Crippen LogP contribution in [0.15, 0.2) is 48.5 Å². The molecular weight excluding hydrogens is 300 g/mol. The van der Waals surface area contributed by atoms with Crippen molar-refractivity contribution in [3.05, 3.63) is 59.8 Å². The van der Waals surface area contributed by atoms with E-state index in [1.807, 2.05) is 49.4 Å². The lowest BCUT2D eigenvalue weighted by Gasteiger charge is -2.37. The van der Waals surface area contributed by atoms with Gasteiger partial charge in [0.05, 0.1) is 18.8 Å². The van der Waals surface area contributed by atoms with Gasteiger partial charge in [0, 0.05) is 11.8 Å². The third-order valence-corrected chi connectivity index (χ3v) is 5.33. The largest absolute Gasteiger partial charge is 0.472 e. The molecule has 0 radical (unpaired) electrons. The highest BCUT2D eigenvalue weighted by molar-refractivity contribution is 7.88. The molecule has 1 fully saturated rings. The van der Waals surface area contributed by atoms with Gasteiger partial charge in [-0.2, -0.15) is 4.31 Å². The van der Waals surface area contributed by atoms with Gasteiger partial charge in [-0.15, -0.1) is 0 Å². The average molecular weight is 318 g/mol. The van der Waals surface area contributed by atoms with Crippen LogP contribution in [0.2, 0.25) is 0 Å². The molecule has 1 aromatic carbocycles. The number of aryl methyl sites for hydroxylation is 1. The lowest BCUT2D eigenvalue weighted by Crippen LogP contribution is -2.56. The Bertz CT molecular complexity index is 741. The Kier molecular flexibility index (Phi) is 4.13. The van der Waals surface area contributed by atoms with E-state index in [0.29, 0.717) is 19.0 Å². The summed E-state index contributed by atoms with van der Waals surface area (Å²) < 4.78 is 31.7. The van der Waals surface area contributed by atoms with E-state index in [-0.39, 0.29) is 11.9 Å². The summed E-state index contributed by atoms with van der Waals surface area (Å²) in [4.78, 5) is 4.26. The fourth-order valence-corrected chi connectivity index (χ4v) is 3.92. The monoisotopic (exact) mass is 318 g/mol. The molecule has 0 aliphatic carbocycles. The minimum atomic E-state index is -3.28. The third-order valence-electron chi connectivity index (χ3n) is 3.55. The maximum Gasteiger partial charge on any atom is 0.218 e. The van der Waals surface area contributed by atoms with E-state index < -0.39 is 10.0 Å². The van der Waals surface area contributed by atoms with Crippen molar-refractivity contribution in [1.29, 1.82) is 0 Å². The molecule has 3 rings (SSSR count). The van der Waals surface area contributed by atoms with Crippen LogP contribution in [-0.2, 0) is 15.8 Å². The van der Waals surface area contributed by atoms with Gasteiger partial charge in [0.2, 0.25) is 15.9 Å². The second-order valence-electron chi connectivity index (χ2n) is 5.42. The first kappa shape index (κ1) is 15.0. The second-order valence-corrected chi connectivity index (χ2v) is 7.38. The lowest BCUT2D eigenvalue weighted by molar-refractivity contribution is 0.0718. The Balaban J connectivity index is 1.56. The molecule has 0 bridgehead atoms. The first-order chi connectivity index (χ1) is 10.5. The molecule has 1 saturated heterocycles. The highest BCUT2D eigenvalue weighted by Gasteiger charge is 2.37. The van der Waals surface area contributed by atoms with Crippen LogP contribution in [0.25, 0.3) is 0 Å². The van der Waals surface area contributed by atoms with Crippen LogP contribution in [0.5, 0.6) is 5.88 Å². The van der Waals surface area contributed by atoms with Crippen molar-refractivity contribution in [2.45, 2.75) is 18.8 Å². The molecule has 0 atom stereocenters. The molecule has 0 spiro atoms. The Morgan fingerprint density at radius 3 is 2.55 bits per heavy atom. The molecule has 116 valence electrons. The molecule has 0 unspecified atom stereocenters. The predicted octanol–water partition coefficient (Wildman–Crippen LogP) is 1.98. The Morgan fingerprint density at radius 1 is 1.14 bits per heavy atom. The van der Waals surface area contributed by atoms with E-state index in [4.69, 9.17) is 4.74 Å². The smallest absolute Gasteiger partial charge is 0.218 e. The van der Waals surface area contributed by atoms with Gasteiger partial charge in [0.15, 0.2) is 0 Å². The molecule has 2 aromatic rings. The first-order valence-corrected chi connectivity index (χ1v) is 8.76. The number of benzene rings is 1. The molecule has 0 N–H and O–H groups in total. The van der Waals surface area contributed by atoms with Crippen molar-refractivity contribution in [3.63, 3.8) is 0 Å². The van der Waals surface area contributed by atoms with Crippen molar-refractivity contribution in [2.24, 2.45) is 0 Å². The number of hydrogen-bond acceptors (Lipinski definition) is 4. The molecule has 1 aromatic heterocycles. The van der Waals surface area contributed by atoms with Crippen LogP contribution in [-0.4, -0.2) is 36.9 Å². The summed E-state index contributed by atoms with van der Waals surface area (Å²) in [5.74, 6) is 0.577. The van der Waals surface area contributed by atoms with Crippen LogP contribution in [0.1, 0.15) is 11.3 Å². The maximum absolute atomic E-state index is 12.3. The number of rotatable bonds is 5. The van der Waals surface area contributed by atoms with Crippen molar-refractivity contribution < 1.29 is 13.2 Å². The van der Waals surface area contributed by atoms with Gasteiger partial charge in [0.25, 0.3) is 0 Å². The molecular formula is C16H18N2O3S. The van der Waals surface area contributed by atoms with Crippen molar-refractivity contribution in [1.82, 2.24) is 9.29 Å². The molecule has 0 amide bonds. The minimum Gasteiger partial charge on any atom is -0.472 e. The standard InChI is InChI=1S/C16H18N2O3S/c1-13-6-5-9-16(17-13)21-15-10-18(11-15)22(19,20)12-14-7-3-2-4-8-14/h2-9,15H,10-12H2,1H3. The zero-order valence-corrected chi connectivity index (χ0v) is 13.2. The molecule has 5 nitrogen and oxygen atoms in total. The average Bonchev–Trinajstić information content (AvgIpc) is 2.43. The van der Waals surface area contributed by atoms with Gasteiger partial charge in [-0.25, -0.2) is 13.4 Å². The number of sulfonamides is 1. The van der Waals surface area contributed by atoms with Crippen molar-refractivity contribution in [3.8, 4) is 5.88 Å². The van der Waals surface area contributed by atoms with Gasteiger partial charge < -0.3 is 4.74 Å². The summed E-state index contributed by atoms with van der Waals surface area (Å²) in [5.41, 5.74) is 1.68. The SMILES string of the molecule is Cc1cccc(OC2CN(S(=O)(=O)Cc3ccccc3)C2)n1. The topological polar surface area (TPSA) is 59.5 Å². The summed E-state index contributed by atoms with van der Waals surface area (Å²) in [7, 11) is -3.28. The number of hydrogen-bond donors (Lipinski definition) is 0. The molecule has 1 aliphatic heterocycles. The van der Waals surface area contributed by atoms with Crippen molar-refractivity contribution in [2.75, 3.05) is 13.1 Å². The zero-order chi connectivity index (χ0) is 15.6. The van der Waals surface area contributed by atoms with Crippen LogP contribution in [0.3, 0.4) is 0 Å². The highest BCUT2D eigenvalue weighted by Crippen LogP contribution is 2.21. The molecule has 22 heavy (non-hydrogen) atoms. The van der Waals surface area contributed by atoms with Gasteiger partial charge in [-0.05, 0) is 18.6 Å². The molecule has 2 heterocycles. The van der Waals surface area contributed by atoms with Gasteiger partial charge >= 0.3 is 0 Å². The first-order valence-electron chi connectivity index (χ1n) is 7.15. The normalized spacial score (nSPS) is 16.2. The number of ether oxygens (including phenoxy) is 1. The molecule has 0 saturated carbocycles. The lowest BCUT2D eigenvalue weighted by atomic mass is 10.2. The number of pyridine rings is 1. The number of nitrogens with zero attached hydrogens (tertiary/aromatic N) is 2. The summed E-state index contributed by atoms with van der Waals surface area (Å²) in [6, 6.07) is 14.8. The Hall–Kier alpha value is -1.92. The Labute approximate surface area is 130 Å². The zero-order valence-electron chi connectivity index (χ0n) is 12.3. The van der Waals surface area contributed by atoms with Crippen LogP contribution >= 0.6 is 0 Å². The predicted molar refractivity (Wildman–Crippen MR) is 84.0 cm³/mol. The number of aromatic nitrogens is 1. The third kappa shape index (κ3) is 3.45. The van der Waals surface area contributed by atoms with E-state index in [1.54, 1.807) is 6.07 Å². The quantitative estimate of drug-likeness (QED) is 0.846. The van der Waals surface area contributed by atoms with E-state index in [1.165, 1.54) is 4.31 Å². The Morgan fingerprint density at radius 2 is 1.86 bits per heavy atom. The van der Waals surface area contributed by atoms with Gasteiger partial charge in [-0.1, -0.05) is 36.4 Å². The summed E-state index contributed by atoms with van der Waals surface area (Å²) >= 11 is 0. The fourth-order valence-electron chi connectivity index (χ4n) is 2.33. The van der Waals surface area contributed by atoms with Gasteiger partial charge in [-0.3, -0.25) is 0 Å². The van der Waals surface area contributed by atoms with Crippen LogP contribution in [0, 0.1) is 6.92 Å². The second kappa shape index (κ2) is 6.06. The van der Waals surface area contributed by atoms with Crippen molar-refractivity contribution >= 4 is 10.0 Å². The van der Waals surface area contributed by atoms with E-state index >= 15 is 0 Å². The van der Waals surface area contributed by atoms with Crippen LogP contribution in [0.4, 0.5) is 0 Å². The fraction of sp³-hybridized carbons (Fsp3) is 0.312. The maximum atomic E-state index is 12.3. The minimum absolute atomic E-state index is 0.0310. The summed E-state index contributed by atoms with van der Waals surface area (Å²) in [6.45, 7) is 2.65. The van der Waals surface area contributed by atoms with Crippen LogP contribution < -0.4 is 4.74 Å². The van der Waals surface area contributed by atoms with E-state index in [9.17, 15) is 8.42 Å². The van der Waals surface area contributed by atoms with E-state index in [0.717, 1.165) is 11.3 Å². The summed E-state index contributed by atoms with van der Waals surface area (Å²) in [5, 5.41) is 0. The molecule has 1 aliphatic rings. The van der Waals surface area contributed by atoms with E-state index in [2.05, 4.69) is 4.98 Å². The molecule has 6 heteroatoms. The highest BCUT2D eigenvalue weighted by atomic mass is 32.2. The summed E-state index contributed by atoms with van der Waals surface area (Å²) in [6.07, 6.45) is -0.125. The van der Waals surface area contributed by atoms with Gasteiger partial charge in [0.1, 0.15) is 6.10 Å².